The summed E-state index contributed by atoms with van der Waals surface area (Å²) in [7, 11) is 0. The molecule has 3 aromatic carbocycles. The molecule has 3 aromatic rings. The van der Waals surface area contributed by atoms with Gasteiger partial charge in [0.25, 0.3) is 0 Å². The molecule has 1 atom stereocenters. The third-order valence-electron chi connectivity index (χ3n) is 3.34. The molecule has 100 valence electrons. The maximum Gasteiger partial charge on any atom is 0.157 e. The summed E-state index contributed by atoms with van der Waals surface area (Å²) in [6, 6.07) is 22.4. The summed E-state index contributed by atoms with van der Waals surface area (Å²) in [5, 5.41) is 2.43. The number of benzene rings is 3. The average Bonchev–Trinajstić information content (AvgIpc) is 2.47. The van der Waals surface area contributed by atoms with Crippen LogP contribution in [0.25, 0.3) is 21.9 Å². The van der Waals surface area contributed by atoms with Gasteiger partial charge in [-0.05, 0) is 27.5 Å². The topological polar surface area (TPSA) is 37.3 Å². The van der Waals surface area contributed by atoms with Crippen LogP contribution >= 0.6 is 0 Å². The Bertz CT molecular complexity index is 758. The Balaban J connectivity index is 2.05. The van der Waals surface area contributed by atoms with E-state index >= 15 is 0 Å². The second kappa shape index (κ2) is 5.57. The van der Waals surface area contributed by atoms with Crippen molar-refractivity contribution in [3.8, 4) is 11.1 Å². The van der Waals surface area contributed by atoms with Crippen molar-refractivity contribution < 1.29 is 8.76 Å². The smallest absolute Gasteiger partial charge is 0.157 e. The molecule has 20 heavy (non-hydrogen) atoms. The first-order valence-corrected chi connectivity index (χ1v) is 7.66. The van der Waals surface area contributed by atoms with E-state index in [9.17, 15) is 4.21 Å². The highest BCUT2D eigenvalue weighted by Gasteiger charge is 2.04. The van der Waals surface area contributed by atoms with Crippen molar-refractivity contribution in [2.75, 3.05) is 0 Å². The standard InChI is InChI=1S/C17H14O2S/c18-20(19)12-13-8-10-15(11-9-13)17-7-3-5-14-4-1-2-6-16(14)17/h1-11H,12H2,(H,18,19). The van der Waals surface area contributed by atoms with E-state index in [1.165, 1.54) is 16.3 Å². The normalized spacial score (nSPS) is 12.4. The minimum atomic E-state index is -1.79. The Morgan fingerprint density at radius 3 is 2.30 bits per heavy atom. The molecular formula is C17H14O2S. The molecule has 0 aromatic heterocycles. The van der Waals surface area contributed by atoms with Gasteiger partial charge in [0.2, 0.25) is 0 Å². The molecule has 0 amide bonds. The molecule has 3 rings (SSSR count). The molecule has 2 nitrogen and oxygen atoms in total. The number of rotatable bonds is 3. The second-order valence-electron chi connectivity index (χ2n) is 4.69. The highest BCUT2D eigenvalue weighted by atomic mass is 32.2. The zero-order valence-electron chi connectivity index (χ0n) is 10.8. The fraction of sp³-hybridized carbons (Fsp3) is 0.0588. The number of fused-ring (bicyclic) bond motifs is 1. The van der Waals surface area contributed by atoms with Crippen LogP contribution in [0.5, 0.6) is 0 Å². The fourth-order valence-corrected chi connectivity index (χ4v) is 2.88. The van der Waals surface area contributed by atoms with Gasteiger partial charge < -0.3 is 4.55 Å². The summed E-state index contributed by atoms with van der Waals surface area (Å²) in [6.07, 6.45) is 0. The molecule has 0 bridgehead atoms. The van der Waals surface area contributed by atoms with E-state index < -0.39 is 11.1 Å². The maximum absolute atomic E-state index is 10.8. The molecule has 0 saturated heterocycles. The molecule has 1 unspecified atom stereocenters. The van der Waals surface area contributed by atoms with Crippen LogP contribution in [-0.4, -0.2) is 8.76 Å². The van der Waals surface area contributed by atoms with Crippen molar-refractivity contribution in [2.24, 2.45) is 0 Å². The molecule has 1 N–H and O–H groups in total. The van der Waals surface area contributed by atoms with Gasteiger partial charge in [-0.3, -0.25) is 0 Å². The first-order valence-electron chi connectivity index (χ1n) is 6.38. The van der Waals surface area contributed by atoms with Crippen molar-refractivity contribution in [3.05, 3.63) is 72.3 Å². The maximum atomic E-state index is 10.8. The molecule has 0 heterocycles. The van der Waals surface area contributed by atoms with Crippen LogP contribution in [0.15, 0.2) is 66.7 Å². The monoisotopic (exact) mass is 282 g/mol. The van der Waals surface area contributed by atoms with Gasteiger partial charge >= 0.3 is 0 Å². The number of hydrogen-bond acceptors (Lipinski definition) is 1. The van der Waals surface area contributed by atoms with Crippen molar-refractivity contribution in [2.45, 2.75) is 5.75 Å². The highest BCUT2D eigenvalue weighted by molar-refractivity contribution is 7.78. The Morgan fingerprint density at radius 2 is 1.55 bits per heavy atom. The first-order chi connectivity index (χ1) is 9.74. The van der Waals surface area contributed by atoms with Crippen molar-refractivity contribution in [1.29, 1.82) is 0 Å². The van der Waals surface area contributed by atoms with Gasteiger partial charge in [-0.25, -0.2) is 4.21 Å². The van der Waals surface area contributed by atoms with Crippen LogP contribution in [0.2, 0.25) is 0 Å². The van der Waals surface area contributed by atoms with E-state index in [0.717, 1.165) is 11.1 Å². The summed E-state index contributed by atoms with van der Waals surface area (Å²) in [5.74, 6) is 0.176. The van der Waals surface area contributed by atoms with Crippen LogP contribution in [-0.2, 0) is 16.8 Å². The van der Waals surface area contributed by atoms with Gasteiger partial charge in [-0.2, -0.15) is 0 Å². The molecule has 0 aliphatic rings. The van der Waals surface area contributed by atoms with Crippen LogP contribution in [0, 0.1) is 0 Å². The summed E-state index contributed by atoms with van der Waals surface area (Å²) >= 11 is -1.79. The average molecular weight is 282 g/mol. The van der Waals surface area contributed by atoms with Crippen molar-refractivity contribution in [3.63, 3.8) is 0 Å². The Morgan fingerprint density at radius 1 is 0.850 bits per heavy atom. The highest BCUT2D eigenvalue weighted by Crippen LogP contribution is 2.28. The van der Waals surface area contributed by atoms with Gasteiger partial charge in [0.15, 0.2) is 11.1 Å². The first kappa shape index (κ1) is 13.0. The Hall–Kier alpha value is -1.97. The predicted molar refractivity (Wildman–Crippen MR) is 83.9 cm³/mol. The van der Waals surface area contributed by atoms with E-state index in [4.69, 9.17) is 4.55 Å². The molecule has 0 radical (unpaired) electrons. The van der Waals surface area contributed by atoms with Crippen LogP contribution < -0.4 is 0 Å². The zero-order valence-corrected chi connectivity index (χ0v) is 11.6. The Labute approximate surface area is 120 Å². The largest absolute Gasteiger partial charge is 0.306 e. The summed E-state index contributed by atoms with van der Waals surface area (Å²) in [5.41, 5.74) is 3.17. The van der Waals surface area contributed by atoms with Crippen molar-refractivity contribution in [1.82, 2.24) is 0 Å². The minimum Gasteiger partial charge on any atom is -0.306 e. The zero-order chi connectivity index (χ0) is 13.9. The third kappa shape index (κ3) is 2.64. The molecule has 0 aliphatic heterocycles. The van der Waals surface area contributed by atoms with Gasteiger partial charge in [-0.15, -0.1) is 0 Å². The SMILES string of the molecule is O=S(O)Cc1ccc(-c2cccc3ccccc23)cc1. The molecule has 0 spiro atoms. The lowest BCUT2D eigenvalue weighted by Gasteiger charge is -2.07. The molecular weight excluding hydrogens is 268 g/mol. The van der Waals surface area contributed by atoms with E-state index in [0.29, 0.717) is 0 Å². The fourth-order valence-electron chi connectivity index (χ4n) is 2.40. The minimum absolute atomic E-state index is 0.176. The summed E-state index contributed by atoms with van der Waals surface area (Å²) in [4.78, 5) is 0. The second-order valence-corrected chi connectivity index (χ2v) is 5.62. The quantitative estimate of drug-likeness (QED) is 0.730. The number of hydrogen-bond donors (Lipinski definition) is 1. The van der Waals surface area contributed by atoms with Crippen LogP contribution in [0.4, 0.5) is 0 Å². The van der Waals surface area contributed by atoms with Crippen molar-refractivity contribution >= 4 is 21.9 Å². The van der Waals surface area contributed by atoms with Crippen LogP contribution in [0.3, 0.4) is 0 Å². The van der Waals surface area contributed by atoms with Gasteiger partial charge in [-0.1, -0.05) is 66.7 Å². The molecule has 0 fully saturated rings. The predicted octanol–water partition coefficient (Wildman–Crippen LogP) is 4.23. The van der Waals surface area contributed by atoms with E-state index in [2.05, 4.69) is 24.3 Å². The summed E-state index contributed by atoms with van der Waals surface area (Å²) in [6.45, 7) is 0. The van der Waals surface area contributed by atoms with Gasteiger partial charge in [0, 0.05) is 0 Å². The Kier molecular flexibility index (Phi) is 3.63. The molecule has 3 heteroatoms. The lowest BCUT2D eigenvalue weighted by Crippen LogP contribution is -1.92. The van der Waals surface area contributed by atoms with Crippen LogP contribution in [0.1, 0.15) is 5.56 Å². The van der Waals surface area contributed by atoms with E-state index in [1.54, 1.807) is 0 Å². The van der Waals surface area contributed by atoms with Gasteiger partial charge in [0.1, 0.15) is 0 Å². The lowest BCUT2D eigenvalue weighted by atomic mass is 9.98. The summed E-state index contributed by atoms with van der Waals surface area (Å²) < 4.78 is 19.7. The van der Waals surface area contributed by atoms with E-state index in [1.807, 2.05) is 42.5 Å². The third-order valence-corrected chi connectivity index (χ3v) is 3.93. The molecule has 0 aliphatic carbocycles. The molecule has 0 saturated carbocycles. The lowest BCUT2D eigenvalue weighted by molar-refractivity contribution is 0.563. The van der Waals surface area contributed by atoms with Gasteiger partial charge in [0.05, 0.1) is 5.75 Å². The van der Waals surface area contributed by atoms with E-state index in [-0.39, 0.29) is 5.75 Å².